The molecule has 68 valence electrons. The number of rotatable bonds is 1. The topological polar surface area (TPSA) is 37.3 Å². The number of benzene rings is 1. The minimum Gasteiger partial charge on any atom is -0.392 e. The third-order valence-electron chi connectivity index (χ3n) is 2.58. The summed E-state index contributed by atoms with van der Waals surface area (Å²) in [4.78, 5) is 11.1. The molecule has 1 saturated carbocycles. The molecule has 0 radical (unpaired) electrons. The van der Waals surface area contributed by atoms with Crippen molar-refractivity contribution >= 4 is 5.78 Å². The van der Waals surface area contributed by atoms with E-state index in [9.17, 15) is 9.90 Å². The minimum atomic E-state index is -0.477. The molecule has 13 heavy (non-hydrogen) atoms. The van der Waals surface area contributed by atoms with Gasteiger partial charge in [0.15, 0.2) is 0 Å². The van der Waals surface area contributed by atoms with Crippen LogP contribution in [0.5, 0.6) is 0 Å². The number of carbonyl (C=O) groups excluding carboxylic acids is 1. The number of hydrogen-bond acceptors (Lipinski definition) is 2. The second kappa shape index (κ2) is 3.30. The molecule has 2 atom stereocenters. The van der Waals surface area contributed by atoms with E-state index in [1.54, 1.807) is 0 Å². The normalized spacial score (nSPS) is 27.9. The summed E-state index contributed by atoms with van der Waals surface area (Å²) in [7, 11) is 0. The van der Waals surface area contributed by atoms with Gasteiger partial charge in [-0.2, -0.15) is 0 Å². The zero-order chi connectivity index (χ0) is 9.26. The van der Waals surface area contributed by atoms with E-state index in [1.165, 1.54) is 0 Å². The zero-order valence-corrected chi connectivity index (χ0v) is 7.31. The molecule has 1 fully saturated rings. The molecular weight excluding hydrogens is 164 g/mol. The molecule has 0 bridgehead atoms. The third-order valence-corrected chi connectivity index (χ3v) is 2.58. The van der Waals surface area contributed by atoms with E-state index >= 15 is 0 Å². The summed E-state index contributed by atoms with van der Waals surface area (Å²) >= 11 is 0. The Labute approximate surface area is 77.2 Å². The SMILES string of the molecule is O=C1C[C@@H](O)[C@H](c2ccccc2)C1. The van der Waals surface area contributed by atoms with Crippen LogP contribution in [0.25, 0.3) is 0 Å². The van der Waals surface area contributed by atoms with Crippen molar-refractivity contribution in [2.45, 2.75) is 24.9 Å². The monoisotopic (exact) mass is 176 g/mol. The van der Waals surface area contributed by atoms with Gasteiger partial charge in [0.1, 0.15) is 5.78 Å². The second-order valence-electron chi connectivity index (χ2n) is 3.53. The summed E-state index contributed by atoms with van der Waals surface area (Å²) < 4.78 is 0. The smallest absolute Gasteiger partial charge is 0.136 e. The Bertz CT molecular complexity index is 305. The van der Waals surface area contributed by atoms with Gasteiger partial charge in [0.25, 0.3) is 0 Å². The maximum atomic E-state index is 11.1. The first-order valence-electron chi connectivity index (χ1n) is 4.52. The fraction of sp³-hybridized carbons (Fsp3) is 0.364. The predicted octanol–water partition coefficient (Wildman–Crippen LogP) is 1.49. The number of ketones is 1. The van der Waals surface area contributed by atoms with Crippen molar-refractivity contribution in [3.63, 3.8) is 0 Å². The molecule has 1 N–H and O–H groups in total. The van der Waals surface area contributed by atoms with E-state index in [0.29, 0.717) is 12.8 Å². The summed E-state index contributed by atoms with van der Waals surface area (Å²) in [5.41, 5.74) is 1.07. The van der Waals surface area contributed by atoms with Crippen LogP contribution in [0.4, 0.5) is 0 Å². The van der Waals surface area contributed by atoms with Gasteiger partial charge in [0.05, 0.1) is 6.10 Å². The second-order valence-corrected chi connectivity index (χ2v) is 3.53. The van der Waals surface area contributed by atoms with Crippen molar-refractivity contribution < 1.29 is 9.90 Å². The first-order valence-corrected chi connectivity index (χ1v) is 4.52. The molecule has 2 heteroatoms. The molecule has 0 heterocycles. The summed E-state index contributed by atoms with van der Waals surface area (Å²) in [6.45, 7) is 0. The lowest BCUT2D eigenvalue weighted by Gasteiger charge is -2.12. The standard InChI is InChI=1S/C11H12O2/c12-9-6-10(11(13)7-9)8-4-2-1-3-5-8/h1-5,10-11,13H,6-7H2/t10-,11+/m0/s1. The van der Waals surface area contributed by atoms with Gasteiger partial charge >= 0.3 is 0 Å². The molecule has 2 nitrogen and oxygen atoms in total. The van der Waals surface area contributed by atoms with Crippen LogP contribution >= 0.6 is 0 Å². The average Bonchev–Trinajstić information content (AvgIpc) is 2.47. The Balaban J connectivity index is 2.23. The van der Waals surface area contributed by atoms with Crippen LogP contribution in [0.1, 0.15) is 24.3 Å². The quantitative estimate of drug-likeness (QED) is 0.704. The highest BCUT2D eigenvalue weighted by Crippen LogP contribution is 2.31. The van der Waals surface area contributed by atoms with Gasteiger partial charge in [0.2, 0.25) is 0 Å². The molecule has 0 saturated heterocycles. The van der Waals surface area contributed by atoms with Gasteiger partial charge in [-0.1, -0.05) is 30.3 Å². The highest BCUT2D eigenvalue weighted by atomic mass is 16.3. The molecule has 0 unspecified atom stereocenters. The number of carbonyl (C=O) groups is 1. The molecule has 1 aromatic rings. The van der Waals surface area contributed by atoms with Crippen molar-refractivity contribution in [2.24, 2.45) is 0 Å². The van der Waals surface area contributed by atoms with E-state index in [4.69, 9.17) is 0 Å². The molecule has 1 aromatic carbocycles. The molecule has 0 aromatic heterocycles. The van der Waals surface area contributed by atoms with E-state index in [-0.39, 0.29) is 11.7 Å². The van der Waals surface area contributed by atoms with Gasteiger partial charge in [-0.05, 0) is 5.56 Å². The number of Topliss-reactive ketones (excluding diaryl/α,β-unsaturated/α-hetero) is 1. The molecule has 1 aliphatic carbocycles. The Morgan fingerprint density at radius 3 is 2.38 bits per heavy atom. The van der Waals surface area contributed by atoms with E-state index < -0.39 is 6.10 Å². The number of aliphatic hydroxyl groups excluding tert-OH is 1. The maximum absolute atomic E-state index is 11.1. The highest BCUT2D eigenvalue weighted by molar-refractivity contribution is 5.82. The lowest BCUT2D eigenvalue weighted by Crippen LogP contribution is -2.10. The van der Waals surface area contributed by atoms with Crippen LogP contribution in [0.2, 0.25) is 0 Å². The minimum absolute atomic E-state index is 0.0219. The molecule has 0 aliphatic heterocycles. The highest BCUT2D eigenvalue weighted by Gasteiger charge is 2.32. The predicted molar refractivity (Wildman–Crippen MR) is 49.4 cm³/mol. The fourth-order valence-corrected chi connectivity index (χ4v) is 1.88. The molecular formula is C11H12O2. The average molecular weight is 176 g/mol. The summed E-state index contributed by atoms with van der Waals surface area (Å²) in [6, 6.07) is 9.74. The van der Waals surface area contributed by atoms with Crippen molar-refractivity contribution in [1.82, 2.24) is 0 Å². The van der Waals surface area contributed by atoms with Gasteiger partial charge in [0, 0.05) is 18.8 Å². The molecule has 0 spiro atoms. The van der Waals surface area contributed by atoms with Crippen molar-refractivity contribution in [3.8, 4) is 0 Å². The molecule has 2 rings (SSSR count). The lowest BCUT2D eigenvalue weighted by molar-refractivity contribution is -0.117. The Kier molecular flexibility index (Phi) is 2.15. The van der Waals surface area contributed by atoms with Crippen LogP contribution in [0, 0.1) is 0 Å². The number of aliphatic hydroxyl groups is 1. The van der Waals surface area contributed by atoms with Crippen LogP contribution in [0.3, 0.4) is 0 Å². The van der Waals surface area contributed by atoms with Crippen LogP contribution in [-0.2, 0) is 4.79 Å². The van der Waals surface area contributed by atoms with Gasteiger partial charge < -0.3 is 5.11 Å². The Morgan fingerprint density at radius 1 is 1.15 bits per heavy atom. The van der Waals surface area contributed by atoms with Crippen LogP contribution in [0.15, 0.2) is 30.3 Å². The largest absolute Gasteiger partial charge is 0.392 e. The third kappa shape index (κ3) is 1.63. The Morgan fingerprint density at radius 2 is 1.85 bits per heavy atom. The van der Waals surface area contributed by atoms with E-state index in [0.717, 1.165) is 5.56 Å². The summed E-state index contributed by atoms with van der Waals surface area (Å²) in [5, 5.41) is 9.59. The van der Waals surface area contributed by atoms with Gasteiger partial charge in [-0.25, -0.2) is 0 Å². The van der Waals surface area contributed by atoms with Crippen LogP contribution in [-0.4, -0.2) is 17.0 Å². The van der Waals surface area contributed by atoms with E-state index in [2.05, 4.69) is 0 Å². The van der Waals surface area contributed by atoms with Crippen molar-refractivity contribution in [2.75, 3.05) is 0 Å². The van der Waals surface area contributed by atoms with Gasteiger partial charge in [-0.3, -0.25) is 4.79 Å². The molecule has 1 aliphatic rings. The van der Waals surface area contributed by atoms with Crippen molar-refractivity contribution in [3.05, 3.63) is 35.9 Å². The van der Waals surface area contributed by atoms with Gasteiger partial charge in [-0.15, -0.1) is 0 Å². The summed E-state index contributed by atoms with van der Waals surface area (Å²) in [6.07, 6.45) is 0.333. The Hall–Kier alpha value is -1.15. The zero-order valence-electron chi connectivity index (χ0n) is 7.31. The number of hydrogen-bond donors (Lipinski definition) is 1. The van der Waals surface area contributed by atoms with E-state index in [1.807, 2.05) is 30.3 Å². The maximum Gasteiger partial charge on any atom is 0.136 e. The lowest BCUT2D eigenvalue weighted by atomic mass is 9.96. The first-order chi connectivity index (χ1) is 6.27. The van der Waals surface area contributed by atoms with Crippen molar-refractivity contribution in [1.29, 1.82) is 0 Å². The first kappa shape index (κ1) is 8.45. The fourth-order valence-electron chi connectivity index (χ4n) is 1.88. The van der Waals surface area contributed by atoms with Crippen LogP contribution < -0.4 is 0 Å². The summed E-state index contributed by atoms with van der Waals surface area (Å²) in [5.74, 6) is 0.190. The molecule has 0 amide bonds.